The molecule has 0 atom stereocenters. The van der Waals surface area contributed by atoms with Crippen LogP contribution in [0.3, 0.4) is 0 Å². The number of amidine groups is 1. The summed E-state index contributed by atoms with van der Waals surface area (Å²) in [4.78, 5) is 3.92. The molecule has 0 aliphatic rings. The predicted molar refractivity (Wildman–Crippen MR) is 52.9 cm³/mol. The van der Waals surface area contributed by atoms with E-state index >= 15 is 0 Å². The lowest BCUT2D eigenvalue weighted by atomic mass is 10.1. The third-order valence-electron chi connectivity index (χ3n) is 2.00. The zero-order chi connectivity index (χ0) is 9.26. The van der Waals surface area contributed by atoms with Crippen molar-refractivity contribution >= 4 is 16.8 Å². The molecule has 66 valence electrons. The first-order chi connectivity index (χ1) is 6.33. The first-order valence-corrected chi connectivity index (χ1v) is 4.02. The van der Waals surface area contributed by atoms with Crippen molar-refractivity contribution in [1.82, 2.24) is 0 Å². The Morgan fingerprint density at radius 3 is 2.92 bits per heavy atom. The molecule has 2 N–H and O–H groups in total. The third kappa shape index (κ3) is 1.18. The van der Waals surface area contributed by atoms with Gasteiger partial charge in [0, 0.05) is 12.4 Å². The summed E-state index contributed by atoms with van der Waals surface area (Å²) in [5, 5.41) is 1.01. The van der Waals surface area contributed by atoms with Crippen LogP contribution < -0.4 is 5.73 Å². The molecule has 13 heavy (non-hydrogen) atoms. The Labute approximate surface area is 75.9 Å². The number of nitrogens with zero attached hydrogens (tertiary/aromatic N) is 1. The number of hydrogen-bond acceptors (Lipinski definition) is 2. The van der Waals surface area contributed by atoms with E-state index in [1.54, 1.807) is 13.3 Å². The van der Waals surface area contributed by atoms with E-state index in [2.05, 4.69) is 4.99 Å². The largest absolute Gasteiger partial charge is 0.464 e. The van der Waals surface area contributed by atoms with Crippen molar-refractivity contribution in [3.05, 3.63) is 36.1 Å². The molecule has 2 aromatic rings. The molecule has 0 spiro atoms. The number of fused-ring (bicyclic) bond motifs is 1. The highest BCUT2D eigenvalue weighted by Gasteiger charge is 2.06. The second kappa shape index (κ2) is 2.94. The van der Waals surface area contributed by atoms with Crippen LogP contribution in [0.15, 0.2) is 39.9 Å². The van der Waals surface area contributed by atoms with Crippen molar-refractivity contribution in [2.24, 2.45) is 10.7 Å². The molecule has 0 radical (unpaired) electrons. The third-order valence-corrected chi connectivity index (χ3v) is 2.00. The molecule has 0 unspecified atom stereocenters. The van der Waals surface area contributed by atoms with Gasteiger partial charge in [-0.15, -0.1) is 0 Å². The van der Waals surface area contributed by atoms with Gasteiger partial charge in [-0.25, -0.2) is 0 Å². The maximum atomic E-state index is 5.69. The van der Waals surface area contributed by atoms with Crippen molar-refractivity contribution in [2.45, 2.75) is 0 Å². The average Bonchev–Trinajstić information content (AvgIpc) is 2.60. The molecule has 0 bridgehead atoms. The summed E-state index contributed by atoms with van der Waals surface area (Å²) in [7, 11) is 1.66. The van der Waals surface area contributed by atoms with Gasteiger partial charge in [-0.05, 0) is 6.07 Å². The Hall–Kier alpha value is -1.77. The van der Waals surface area contributed by atoms with Gasteiger partial charge >= 0.3 is 0 Å². The van der Waals surface area contributed by atoms with E-state index in [1.165, 1.54) is 0 Å². The summed E-state index contributed by atoms with van der Waals surface area (Å²) >= 11 is 0. The number of para-hydroxylation sites is 1. The number of nitrogens with two attached hydrogens (primary N) is 1. The Kier molecular flexibility index (Phi) is 1.77. The molecular formula is C10H10N2O. The lowest BCUT2D eigenvalue weighted by Crippen LogP contribution is -2.11. The summed E-state index contributed by atoms with van der Waals surface area (Å²) < 4.78 is 5.31. The molecule has 0 saturated carbocycles. The maximum Gasteiger partial charge on any atom is 0.134 e. The highest BCUT2D eigenvalue weighted by Crippen LogP contribution is 2.19. The minimum absolute atomic E-state index is 0.505. The quantitative estimate of drug-likeness (QED) is 0.529. The maximum absolute atomic E-state index is 5.69. The molecule has 0 aliphatic heterocycles. The van der Waals surface area contributed by atoms with Gasteiger partial charge in [-0.2, -0.15) is 0 Å². The summed E-state index contributed by atoms with van der Waals surface area (Å²) in [5.41, 5.74) is 7.39. The molecule has 1 aromatic heterocycles. The Bertz CT molecular complexity index is 457. The average molecular weight is 174 g/mol. The van der Waals surface area contributed by atoms with E-state index in [4.69, 9.17) is 10.2 Å². The molecule has 1 aromatic carbocycles. The van der Waals surface area contributed by atoms with Gasteiger partial charge in [0.05, 0.1) is 5.56 Å². The van der Waals surface area contributed by atoms with Crippen LogP contribution in [0.2, 0.25) is 0 Å². The summed E-state index contributed by atoms with van der Waals surface area (Å²) in [6.07, 6.45) is 1.63. The standard InChI is InChI=1S/C10H10N2O/c1-12-10(11)8-6-13-9-5-3-2-4-7(8)9/h2-6H,1H3,(H2,11,12). The van der Waals surface area contributed by atoms with Crippen LogP contribution in [0.4, 0.5) is 0 Å². The van der Waals surface area contributed by atoms with Crippen molar-refractivity contribution in [1.29, 1.82) is 0 Å². The second-order valence-electron chi connectivity index (χ2n) is 2.75. The molecule has 3 nitrogen and oxygen atoms in total. The van der Waals surface area contributed by atoms with Crippen molar-refractivity contribution in [3.63, 3.8) is 0 Å². The molecule has 3 heteroatoms. The van der Waals surface area contributed by atoms with Crippen LogP contribution in [0.25, 0.3) is 11.0 Å². The molecule has 1 heterocycles. The van der Waals surface area contributed by atoms with E-state index < -0.39 is 0 Å². The number of aliphatic imine (C=N–C) groups is 1. The Balaban J connectivity index is 2.71. The monoisotopic (exact) mass is 174 g/mol. The van der Waals surface area contributed by atoms with E-state index in [0.717, 1.165) is 16.5 Å². The molecule has 2 rings (SSSR count). The number of benzene rings is 1. The molecule has 0 fully saturated rings. The summed E-state index contributed by atoms with van der Waals surface area (Å²) in [5.74, 6) is 0.505. The fourth-order valence-electron chi connectivity index (χ4n) is 1.30. The fraction of sp³-hybridized carbons (Fsp3) is 0.100. The van der Waals surface area contributed by atoms with E-state index in [0.29, 0.717) is 5.84 Å². The van der Waals surface area contributed by atoms with Gasteiger partial charge < -0.3 is 10.2 Å². The van der Waals surface area contributed by atoms with Crippen molar-refractivity contribution in [3.8, 4) is 0 Å². The van der Waals surface area contributed by atoms with Crippen LogP contribution in [0.5, 0.6) is 0 Å². The number of hydrogen-bond donors (Lipinski definition) is 1. The van der Waals surface area contributed by atoms with Crippen molar-refractivity contribution < 1.29 is 4.42 Å². The normalized spacial score (nSPS) is 12.2. The Morgan fingerprint density at radius 2 is 2.15 bits per heavy atom. The molecule has 0 saturated heterocycles. The first-order valence-electron chi connectivity index (χ1n) is 4.02. The minimum Gasteiger partial charge on any atom is -0.464 e. The van der Waals surface area contributed by atoms with Crippen LogP contribution in [0, 0.1) is 0 Å². The zero-order valence-electron chi connectivity index (χ0n) is 7.32. The van der Waals surface area contributed by atoms with Gasteiger partial charge in [-0.3, -0.25) is 4.99 Å². The van der Waals surface area contributed by atoms with E-state index in [-0.39, 0.29) is 0 Å². The minimum atomic E-state index is 0.505. The van der Waals surface area contributed by atoms with E-state index in [1.807, 2.05) is 24.3 Å². The SMILES string of the molecule is CN=C(N)c1coc2ccccc12. The van der Waals surface area contributed by atoms with Gasteiger partial charge in [0.15, 0.2) is 0 Å². The smallest absolute Gasteiger partial charge is 0.134 e. The zero-order valence-corrected chi connectivity index (χ0v) is 7.32. The van der Waals surface area contributed by atoms with Crippen molar-refractivity contribution in [2.75, 3.05) is 7.05 Å². The van der Waals surface area contributed by atoms with Gasteiger partial charge in [0.25, 0.3) is 0 Å². The lowest BCUT2D eigenvalue weighted by molar-refractivity contribution is 0.615. The first kappa shape index (κ1) is 7.86. The predicted octanol–water partition coefficient (Wildman–Crippen LogP) is 1.77. The summed E-state index contributed by atoms with van der Waals surface area (Å²) in [6.45, 7) is 0. The van der Waals surface area contributed by atoms with E-state index in [9.17, 15) is 0 Å². The van der Waals surface area contributed by atoms with Crippen LogP contribution >= 0.6 is 0 Å². The molecule has 0 amide bonds. The van der Waals surface area contributed by atoms with Gasteiger partial charge in [0.2, 0.25) is 0 Å². The van der Waals surface area contributed by atoms with Crippen LogP contribution in [-0.2, 0) is 0 Å². The van der Waals surface area contributed by atoms with Crippen LogP contribution in [-0.4, -0.2) is 12.9 Å². The fourth-order valence-corrected chi connectivity index (χ4v) is 1.30. The second-order valence-corrected chi connectivity index (χ2v) is 2.75. The number of rotatable bonds is 1. The molecular weight excluding hydrogens is 164 g/mol. The van der Waals surface area contributed by atoms with Gasteiger partial charge in [0.1, 0.15) is 17.7 Å². The number of furan rings is 1. The van der Waals surface area contributed by atoms with Crippen LogP contribution in [0.1, 0.15) is 5.56 Å². The molecule has 0 aliphatic carbocycles. The highest BCUT2D eigenvalue weighted by molar-refractivity contribution is 6.07. The topological polar surface area (TPSA) is 51.5 Å². The lowest BCUT2D eigenvalue weighted by Gasteiger charge is -1.93. The van der Waals surface area contributed by atoms with Gasteiger partial charge in [-0.1, -0.05) is 18.2 Å². The summed E-state index contributed by atoms with van der Waals surface area (Å²) in [6, 6.07) is 7.74. The Morgan fingerprint density at radius 1 is 1.38 bits per heavy atom. The highest BCUT2D eigenvalue weighted by atomic mass is 16.3.